The number of halogens is 1. The Bertz CT molecular complexity index is 92.8. The highest BCUT2D eigenvalue weighted by atomic mass is 35.7. The summed E-state index contributed by atoms with van der Waals surface area (Å²) in [5.74, 6) is 0. The molecule has 0 aliphatic rings. The first-order chi connectivity index (χ1) is 2.00. The van der Waals surface area contributed by atoms with E-state index in [1.54, 1.807) is 0 Å². The summed E-state index contributed by atoms with van der Waals surface area (Å²) >= 11 is 0. The van der Waals surface area contributed by atoms with E-state index in [0.717, 1.165) is 0 Å². The fourth-order valence-electron chi connectivity index (χ4n) is 0. The average Bonchev–Trinajstić information content (AvgIpc) is 0.722. The smallest absolute Gasteiger partial charge is 0.215 e. The molecule has 0 N–H and O–H groups in total. The Kier molecular flexibility index (Phi) is 0.959. The maximum absolute atomic E-state index is 9.06. The third-order valence-electron chi connectivity index (χ3n) is 0. The molecule has 0 amide bonds. The zero-order chi connectivity index (χ0) is 4.50. The molecule has 0 rings (SSSR count). The molecular weight excluding hydrogens is 99.5 g/mol. The Labute approximate surface area is 30.9 Å². The molecule has 0 unspecified atom stereocenters. The number of hydrogen-bond acceptors (Lipinski definition) is 2. The van der Waals surface area contributed by atoms with E-state index in [1.807, 2.05) is 0 Å². The van der Waals surface area contributed by atoms with E-state index in [4.69, 9.17) is 9.54 Å². The summed E-state index contributed by atoms with van der Waals surface area (Å²) in [5, 5.41) is 0. The zero-order valence-electron chi connectivity index (χ0n) is 2.60. The lowest BCUT2D eigenvalue weighted by atomic mass is 15.9. The van der Waals surface area contributed by atoms with Gasteiger partial charge in [0, 0.05) is 10.7 Å². The van der Waals surface area contributed by atoms with Crippen LogP contribution in [0.4, 0.5) is 0 Å². The molecule has 4 heavy (non-hydrogen) atoms. The molecule has 0 aromatic rings. The van der Waals surface area contributed by atoms with Gasteiger partial charge in [0.05, 0.1) is 0 Å². The Morgan fingerprint density at radius 2 is 2.00 bits per heavy atom. The highest BCUT2D eigenvalue weighted by Gasteiger charge is 1.49. The molecule has 0 heterocycles. The summed E-state index contributed by atoms with van der Waals surface area (Å²) in [4.78, 5) is 0. The molecule has 0 saturated heterocycles. The minimum atomic E-state index is -3.94. The van der Waals surface area contributed by atoms with Crippen molar-refractivity contribution in [1.82, 2.24) is 0 Å². The number of thiol groups is 1. The largest absolute Gasteiger partial charge is 0.222 e. The van der Waals surface area contributed by atoms with E-state index in [1.165, 1.54) is 0 Å². The quantitative estimate of drug-likeness (QED) is 0.338. The molecule has 0 aliphatic carbocycles. The van der Waals surface area contributed by atoms with Crippen LogP contribution in [0.15, 0.2) is 0 Å². The summed E-state index contributed by atoms with van der Waals surface area (Å²) in [6, 6.07) is 0. The van der Waals surface area contributed by atoms with Crippen LogP contribution in [-0.4, -0.2) is 9.54 Å². The molecule has 0 fully saturated rings. The topological polar surface area (TPSA) is 34.1 Å². The fraction of sp³-hybridized carbons (Fsp3) is 0. The zero-order valence-corrected chi connectivity index (χ0v) is 3.18. The van der Waals surface area contributed by atoms with Crippen LogP contribution in [0.1, 0.15) is 0 Å². The molecule has 0 atom stereocenters. The maximum atomic E-state index is 9.06. The standard InChI is InChI=1S/ClHO2S/c1-4(2)3/h4H/i4T. The van der Waals surface area contributed by atoms with Crippen LogP contribution in [0, 0.1) is 0 Å². The summed E-state index contributed by atoms with van der Waals surface area (Å²) in [5.41, 5.74) is 0. The van der Waals surface area contributed by atoms with Crippen LogP contribution in [0.5, 0.6) is 0 Å². The molecule has 2 nitrogen and oxygen atoms in total. The van der Waals surface area contributed by atoms with Crippen molar-refractivity contribution in [3.8, 4) is 0 Å². The Morgan fingerprint density at radius 3 is 2.00 bits per heavy atom. The lowest BCUT2D eigenvalue weighted by Gasteiger charge is -1.37. The van der Waals surface area contributed by atoms with Crippen LogP contribution in [-0.2, 0) is 9.82 Å². The Balaban J connectivity index is 4.06. The molecule has 0 saturated carbocycles. The number of rotatable bonds is 0. The van der Waals surface area contributed by atoms with E-state index in [0.29, 0.717) is 0 Å². The normalized spacial score (nSPS) is 14.8. The summed E-state index contributed by atoms with van der Waals surface area (Å²) in [6.45, 7) is 0. The van der Waals surface area contributed by atoms with Crippen molar-refractivity contribution in [3.05, 3.63) is 0 Å². The van der Waals surface area contributed by atoms with Gasteiger partial charge in [-0.05, 0) is 0 Å². The minimum Gasteiger partial charge on any atom is -0.215 e. The SMILES string of the molecule is [3H]S(=O)(=O)Cl. The van der Waals surface area contributed by atoms with Gasteiger partial charge < -0.3 is 0 Å². The monoisotopic (exact) mass is 102 g/mol. The molecule has 26 valence electrons. The van der Waals surface area contributed by atoms with Crippen molar-refractivity contribution in [1.29, 1.82) is 1.12 Å². The van der Waals surface area contributed by atoms with Gasteiger partial charge in [-0.2, -0.15) is 0 Å². The van der Waals surface area contributed by atoms with Gasteiger partial charge in [-0.15, -0.1) is 0 Å². The molecule has 0 spiro atoms. The lowest BCUT2D eigenvalue weighted by molar-refractivity contribution is 0.626. The summed E-state index contributed by atoms with van der Waals surface area (Å²) < 4.78 is 23.8. The van der Waals surface area contributed by atoms with Gasteiger partial charge >= 0.3 is 0 Å². The summed E-state index contributed by atoms with van der Waals surface area (Å²) in [6.07, 6.45) is 0. The third-order valence-corrected chi connectivity index (χ3v) is 0. The van der Waals surface area contributed by atoms with Gasteiger partial charge in [-0.25, -0.2) is 8.42 Å². The molecule has 0 aliphatic heterocycles. The van der Waals surface area contributed by atoms with E-state index in [-0.39, 0.29) is 0 Å². The Hall–Kier alpha value is 0.240. The first kappa shape index (κ1) is 2.48. The number of hydrogen-bond donors (Lipinski definition) is 1. The van der Waals surface area contributed by atoms with Crippen LogP contribution >= 0.6 is 10.7 Å². The fourth-order valence-corrected chi connectivity index (χ4v) is 0. The van der Waals surface area contributed by atoms with Crippen molar-refractivity contribution < 1.29 is 8.42 Å². The van der Waals surface area contributed by atoms with E-state index < -0.39 is 9.82 Å². The van der Waals surface area contributed by atoms with Gasteiger partial charge in [-0.3, -0.25) is 0 Å². The lowest BCUT2D eigenvalue weighted by Crippen LogP contribution is -1.41. The molecule has 0 bridgehead atoms. The first-order valence-corrected chi connectivity index (χ1v) is 2.39. The van der Waals surface area contributed by atoms with Crippen LogP contribution in [0.2, 0.25) is 0 Å². The van der Waals surface area contributed by atoms with E-state index in [9.17, 15) is 0 Å². The van der Waals surface area contributed by atoms with Crippen LogP contribution < -0.4 is 0 Å². The molecule has 0 radical (unpaired) electrons. The highest BCUT2D eigenvalue weighted by molar-refractivity contribution is 7.98. The van der Waals surface area contributed by atoms with Crippen LogP contribution in [0.25, 0.3) is 0 Å². The predicted octanol–water partition coefficient (Wildman–Crippen LogP) is -0.248. The second-order valence-electron chi connectivity index (χ2n) is 0.194. The third kappa shape index (κ3) is 59.8. The molecular formula is HClO2S. The van der Waals surface area contributed by atoms with Crippen molar-refractivity contribution in [2.45, 2.75) is 0 Å². The van der Waals surface area contributed by atoms with E-state index in [2.05, 4.69) is 10.7 Å². The molecule has 4 heteroatoms. The van der Waals surface area contributed by atoms with Crippen molar-refractivity contribution in [3.63, 3.8) is 0 Å². The second kappa shape index (κ2) is 1.55. The van der Waals surface area contributed by atoms with Crippen molar-refractivity contribution >= 4 is 20.5 Å². The average molecular weight is 103 g/mol. The summed E-state index contributed by atoms with van der Waals surface area (Å²) in [7, 11) is 0.225. The first-order valence-electron chi connectivity index (χ1n) is 0.896. The van der Waals surface area contributed by atoms with E-state index >= 15 is 0 Å². The molecule has 0 aromatic carbocycles. The maximum Gasteiger partial charge on any atom is 0.222 e. The predicted molar refractivity (Wildman–Crippen MR) is 16.2 cm³/mol. The Morgan fingerprint density at radius 1 is 2.00 bits per heavy atom. The highest BCUT2D eigenvalue weighted by Crippen LogP contribution is 1.61. The van der Waals surface area contributed by atoms with Gasteiger partial charge in [0.1, 0.15) is 0 Å². The van der Waals surface area contributed by atoms with Crippen molar-refractivity contribution in [2.24, 2.45) is 0 Å². The van der Waals surface area contributed by atoms with Crippen LogP contribution in [0.3, 0.4) is 0 Å². The van der Waals surface area contributed by atoms with Gasteiger partial charge in [0.15, 0.2) is 1.12 Å². The van der Waals surface area contributed by atoms with Gasteiger partial charge in [-0.1, -0.05) is 0 Å². The van der Waals surface area contributed by atoms with Gasteiger partial charge in [0.25, 0.3) is 0 Å². The van der Waals surface area contributed by atoms with Gasteiger partial charge in [0.2, 0.25) is 9.82 Å². The second-order valence-corrected chi connectivity index (χ2v) is 1.34. The molecule has 0 aromatic heterocycles. The minimum absolute atomic E-state index is 3.94. The van der Waals surface area contributed by atoms with Crippen molar-refractivity contribution in [2.75, 3.05) is 0 Å².